The Bertz CT molecular complexity index is 639. The first-order valence-corrected chi connectivity index (χ1v) is 9.73. The van der Waals surface area contributed by atoms with Crippen LogP contribution in [0.3, 0.4) is 0 Å². The van der Waals surface area contributed by atoms with E-state index in [-0.39, 0.29) is 21.1 Å². The molecule has 0 heterocycles. The van der Waals surface area contributed by atoms with Crippen molar-refractivity contribution in [2.75, 3.05) is 0 Å². The molecule has 126 valence electrons. The van der Waals surface area contributed by atoms with Gasteiger partial charge < -0.3 is 0 Å². The maximum Gasteiger partial charge on any atom is 0.238 e. The summed E-state index contributed by atoms with van der Waals surface area (Å²) in [5, 5.41) is 5.11. The molecule has 0 aliphatic rings. The van der Waals surface area contributed by atoms with Crippen molar-refractivity contribution >= 4 is 21.0 Å². The summed E-state index contributed by atoms with van der Waals surface area (Å²) in [6, 6.07) is 6.20. The lowest BCUT2D eigenvalue weighted by atomic mass is 9.83. The van der Waals surface area contributed by atoms with Crippen molar-refractivity contribution in [3.05, 3.63) is 29.8 Å². The summed E-state index contributed by atoms with van der Waals surface area (Å²) in [6.45, 7) is 11.8. The molecule has 1 aromatic carbocycles. The van der Waals surface area contributed by atoms with E-state index in [0.29, 0.717) is 0 Å². The molecule has 0 bridgehead atoms. The first kappa shape index (κ1) is 19.3. The highest BCUT2D eigenvalue weighted by Gasteiger charge is 2.31. The van der Waals surface area contributed by atoms with Crippen molar-refractivity contribution in [1.82, 2.24) is 4.72 Å². The van der Waals surface area contributed by atoms with Crippen LogP contribution < -0.4 is 9.86 Å². The average Bonchev–Trinajstić information content (AvgIpc) is 2.32. The van der Waals surface area contributed by atoms with Gasteiger partial charge in [-0.2, -0.15) is 0 Å². The van der Waals surface area contributed by atoms with Crippen LogP contribution in [0.2, 0.25) is 0 Å². The minimum atomic E-state index is -3.71. The van der Waals surface area contributed by atoms with Crippen molar-refractivity contribution in [2.45, 2.75) is 57.2 Å². The highest BCUT2D eigenvalue weighted by molar-refractivity contribution is 7.89. The van der Waals surface area contributed by atoms with E-state index in [4.69, 9.17) is 5.14 Å². The third-order valence-electron chi connectivity index (χ3n) is 3.19. The third kappa shape index (κ3) is 5.15. The monoisotopic (exact) mass is 346 g/mol. The van der Waals surface area contributed by atoms with Gasteiger partial charge in [-0.05, 0) is 43.9 Å². The number of sulfonamides is 1. The second kappa shape index (κ2) is 6.39. The first-order chi connectivity index (χ1) is 9.73. The highest BCUT2D eigenvalue weighted by atomic mass is 32.2. The molecular formula is C15H26N2O3S2. The first-order valence-electron chi connectivity index (χ1n) is 7.04. The molecule has 0 aliphatic heterocycles. The summed E-state index contributed by atoms with van der Waals surface area (Å²) in [6.07, 6.45) is 0. The quantitative estimate of drug-likeness (QED) is 0.877. The minimum Gasteiger partial charge on any atom is -0.242 e. The van der Waals surface area contributed by atoms with Crippen LogP contribution in [-0.2, 0) is 21.0 Å². The van der Waals surface area contributed by atoms with Crippen LogP contribution in [0, 0.1) is 5.41 Å². The molecular weight excluding hydrogens is 320 g/mol. The minimum absolute atomic E-state index is 0.0702. The maximum absolute atomic E-state index is 12.4. The molecule has 0 fully saturated rings. The number of rotatable bonds is 4. The Labute approximate surface area is 136 Å². The number of nitrogens with two attached hydrogens (primary N) is 1. The molecule has 0 spiro atoms. The number of hydrogen-bond acceptors (Lipinski definition) is 3. The fourth-order valence-corrected chi connectivity index (χ4v) is 3.45. The molecule has 0 amide bonds. The number of benzene rings is 1. The van der Waals surface area contributed by atoms with Crippen LogP contribution in [0.25, 0.3) is 0 Å². The molecule has 22 heavy (non-hydrogen) atoms. The molecule has 5 nitrogen and oxygen atoms in total. The summed E-state index contributed by atoms with van der Waals surface area (Å²) in [5.41, 5.74) is 0.682. The molecule has 2 atom stereocenters. The topological polar surface area (TPSA) is 89.3 Å². The van der Waals surface area contributed by atoms with Crippen LogP contribution in [-0.4, -0.2) is 17.4 Å². The Hall–Kier alpha value is -0.760. The van der Waals surface area contributed by atoms with Gasteiger partial charge in [-0.25, -0.2) is 22.5 Å². The van der Waals surface area contributed by atoms with Crippen LogP contribution in [0.5, 0.6) is 0 Å². The zero-order valence-corrected chi connectivity index (χ0v) is 15.6. The third-order valence-corrected chi connectivity index (χ3v) is 5.68. The Morgan fingerprint density at radius 2 is 1.50 bits per heavy atom. The van der Waals surface area contributed by atoms with Gasteiger partial charge in [0.05, 0.1) is 20.6 Å². The van der Waals surface area contributed by atoms with Gasteiger partial charge in [-0.3, -0.25) is 0 Å². The summed E-state index contributed by atoms with van der Waals surface area (Å²) in [5.74, 6) is 0. The van der Waals surface area contributed by atoms with E-state index in [2.05, 4.69) is 4.72 Å². The number of hydrogen-bond donors (Lipinski definition) is 2. The molecule has 3 N–H and O–H groups in total. The molecule has 0 aliphatic carbocycles. The van der Waals surface area contributed by atoms with Gasteiger partial charge in [0, 0.05) is 6.04 Å². The van der Waals surface area contributed by atoms with E-state index in [1.165, 1.54) is 12.1 Å². The zero-order valence-electron chi connectivity index (χ0n) is 14.0. The normalized spacial score (nSPS) is 16.3. The smallest absolute Gasteiger partial charge is 0.238 e. The highest BCUT2D eigenvalue weighted by Crippen LogP contribution is 2.34. The molecule has 7 heteroatoms. The van der Waals surface area contributed by atoms with E-state index < -0.39 is 21.0 Å². The summed E-state index contributed by atoms with van der Waals surface area (Å²) < 4.78 is 37.9. The van der Waals surface area contributed by atoms with Crippen molar-refractivity contribution in [1.29, 1.82) is 0 Å². The SMILES string of the molecule is CC(C)(C)C(NS(=O)C(C)(C)C)c1ccc(S(N)(=O)=O)cc1. The lowest BCUT2D eigenvalue weighted by Gasteiger charge is -2.34. The Kier molecular flexibility index (Phi) is 5.60. The Morgan fingerprint density at radius 3 is 1.82 bits per heavy atom. The van der Waals surface area contributed by atoms with E-state index in [0.717, 1.165) is 5.56 Å². The molecule has 0 saturated heterocycles. The largest absolute Gasteiger partial charge is 0.242 e. The van der Waals surface area contributed by atoms with Gasteiger partial charge in [0.2, 0.25) is 10.0 Å². The lowest BCUT2D eigenvalue weighted by molar-refractivity contribution is 0.306. The maximum atomic E-state index is 12.4. The predicted octanol–water partition coefficient (Wildman–Crippen LogP) is 2.47. The second-order valence-electron chi connectivity index (χ2n) is 7.41. The van der Waals surface area contributed by atoms with Crippen LogP contribution >= 0.6 is 0 Å². The van der Waals surface area contributed by atoms with E-state index in [1.807, 2.05) is 41.5 Å². The van der Waals surface area contributed by atoms with Gasteiger partial charge in [-0.1, -0.05) is 32.9 Å². The Balaban J connectivity index is 3.17. The summed E-state index contributed by atoms with van der Waals surface area (Å²) in [4.78, 5) is 0.0702. The van der Waals surface area contributed by atoms with Crippen LogP contribution in [0.4, 0.5) is 0 Å². The van der Waals surface area contributed by atoms with Gasteiger partial charge in [0.1, 0.15) is 0 Å². The number of nitrogens with one attached hydrogen (secondary N) is 1. The van der Waals surface area contributed by atoms with Crippen molar-refractivity contribution in [2.24, 2.45) is 10.6 Å². The molecule has 2 unspecified atom stereocenters. The van der Waals surface area contributed by atoms with Gasteiger partial charge in [0.15, 0.2) is 0 Å². The summed E-state index contributed by atoms with van der Waals surface area (Å²) >= 11 is 0. The molecule has 1 aromatic rings. The van der Waals surface area contributed by atoms with Crippen molar-refractivity contribution in [3.63, 3.8) is 0 Å². The Morgan fingerprint density at radius 1 is 1.05 bits per heavy atom. The van der Waals surface area contributed by atoms with E-state index in [1.54, 1.807) is 12.1 Å². The van der Waals surface area contributed by atoms with Crippen molar-refractivity contribution in [3.8, 4) is 0 Å². The van der Waals surface area contributed by atoms with E-state index >= 15 is 0 Å². The van der Waals surface area contributed by atoms with Crippen molar-refractivity contribution < 1.29 is 12.6 Å². The van der Waals surface area contributed by atoms with Gasteiger partial charge in [-0.15, -0.1) is 0 Å². The molecule has 1 rings (SSSR count). The van der Waals surface area contributed by atoms with Crippen LogP contribution in [0.15, 0.2) is 29.2 Å². The summed E-state index contributed by atoms with van der Waals surface area (Å²) in [7, 11) is -4.94. The molecule has 0 radical (unpaired) electrons. The average molecular weight is 347 g/mol. The standard InChI is InChI=1S/C15H26N2O3S2/c1-14(2,3)13(17-21(18)15(4,5)6)11-7-9-12(10-8-11)22(16,19)20/h7-10,13,17H,1-6H3,(H2,16,19,20). The fourth-order valence-electron chi connectivity index (χ4n) is 1.88. The fraction of sp³-hybridized carbons (Fsp3) is 0.600. The predicted molar refractivity (Wildman–Crippen MR) is 91.0 cm³/mol. The van der Waals surface area contributed by atoms with E-state index in [9.17, 15) is 12.6 Å². The number of primary sulfonamides is 1. The van der Waals surface area contributed by atoms with Gasteiger partial charge in [0.25, 0.3) is 0 Å². The van der Waals surface area contributed by atoms with Gasteiger partial charge >= 0.3 is 0 Å². The molecule has 0 saturated carbocycles. The second-order valence-corrected chi connectivity index (χ2v) is 11.0. The lowest BCUT2D eigenvalue weighted by Crippen LogP contribution is -2.40. The molecule has 0 aromatic heterocycles. The van der Waals surface area contributed by atoms with Crippen LogP contribution in [0.1, 0.15) is 53.1 Å². The zero-order chi connectivity index (χ0) is 17.3.